The molecule has 0 unspecified atom stereocenters. The van der Waals surface area contributed by atoms with Gasteiger partial charge in [0.05, 0.1) is 13.3 Å². The van der Waals surface area contributed by atoms with Gasteiger partial charge in [-0.25, -0.2) is 9.78 Å². The molecule has 0 aliphatic heterocycles. The van der Waals surface area contributed by atoms with Crippen LogP contribution in [0.4, 0.5) is 16.2 Å². The molecule has 0 fully saturated rings. The van der Waals surface area contributed by atoms with Gasteiger partial charge in [0.1, 0.15) is 11.4 Å². The van der Waals surface area contributed by atoms with E-state index in [9.17, 15) is 9.59 Å². The molecule has 2 aromatic heterocycles. The first kappa shape index (κ1) is 14.1. The number of carbonyl (C=O) groups is 1. The predicted molar refractivity (Wildman–Crippen MR) is 85.0 cm³/mol. The Kier molecular flexibility index (Phi) is 3.75. The van der Waals surface area contributed by atoms with Crippen LogP contribution in [0.15, 0.2) is 46.8 Å². The number of nitrogens with one attached hydrogen (secondary N) is 2. The van der Waals surface area contributed by atoms with Crippen LogP contribution in [-0.2, 0) is 0 Å². The molecule has 0 spiro atoms. The standard InChI is InChI=1S/C14H12N4O3S/c1-21-10-4-2-3-9(7-10)16-13(20)17-11-8-15-14-18(12(11)19)5-6-22-14/h2-8H,1H3,(H2,16,17,20). The van der Waals surface area contributed by atoms with Gasteiger partial charge < -0.3 is 15.4 Å². The van der Waals surface area contributed by atoms with Crippen molar-refractivity contribution in [2.45, 2.75) is 0 Å². The van der Waals surface area contributed by atoms with Gasteiger partial charge >= 0.3 is 6.03 Å². The summed E-state index contributed by atoms with van der Waals surface area (Å²) < 4.78 is 6.46. The molecular weight excluding hydrogens is 304 g/mol. The molecule has 7 nitrogen and oxygen atoms in total. The van der Waals surface area contributed by atoms with Gasteiger partial charge in [0.2, 0.25) is 0 Å². The van der Waals surface area contributed by atoms with E-state index >= 15 is 0 Å². The maximum atomic E-state index is 12.1. The summed E-state index contributed by atoms with van der Waals surface area (Å²) in [6, 6.07) is 6.39. The first-order chi connectivity index (χ1) is 10.7. The fraction of sp³-hybridized carbons (Fsp3) is 0.0714. The zero-order chi connectivity index (χ0) is 15.5. The number of urea groups is 1. The van der Waals surface area contributed by atoms with E-state index in [0.717, 1.165) is 0 Å². The van der Waals surface area contributed by atoms with E-state index < -0.39 is 6.03 Å². The highest BCUT2D eigenvalue weighted by molar-refractivity contribution is 7.15. The highest BCUT2D eigenvalue weighted by Crippen LogP contribution is 2.16. The first-order valence-corrected chi connectivity index (χ1v) is 7.22. The van der Waals surface area contributed by atoms with Gasteiger partial charge in [0.25, 0.3) is 5.56 Å². The second-order valence-corrected chi connectivity index (χ2v) is 5.22. The summed E-state index contributed by atoms with van der Waals surface area (Å²) in [6.07, 6.45) is 2.96. The molecule has 2 N–H and O–H groups in total. The molecule has 2 amide bonds. The van der Waals surface area contributed by atoms with E-state index in [-0.39, 0.29) is 11.2 Å². The van der Waals surface area contributed by atoms with Crippen LogP contribution in [-0.4, -0.2) is 22.5 Å². The molecule has 0 aliphatic carbocycles. The average Bonchev–Trinajstić information content (AvgIpc) is 2.99. The van der Waals surface area contributed by atoms with Crippen molar-refractivity contribution in [3.05, 3.63) is 52.4 Å². The van der Waals surface area contributed by atoms with Crippen molar-refractivity contribution in [3.63, 3.8) is 0 Å². The maximum absolute atomic E-state index is 12.1. The van der Waals surface area contributed by atoms with Crippen LogP contribution < -0.4 is 20.9 Å². The number of aromatic nitrogens is 2. The highest BCUT2D eigenvalue weighted by atomic mass is 32.1. The molecule has 0 bridgehead atoms. The van der Waals surface area contributed by atoms with Crippen molar-refractivity contribution in [2.24, 2.45) is 0 Å². The highest BCUT2D eigenvalue weighted by Gasteiger charge is 2.09. The molecule has 2 heterocycles. The Bertz CT molecular complexity index is 887. The van der Waals surface area contributed by atoms with Crippen molar-refractivity contribution in [3.8, 4) is 5.75 Å². The summed E-state index contributed by atoms with van der Waals surface area (Å²) >= 11 is 1.35. The van der Waals surface area contributed by atoms with Crippen molar-refractivity contribution in [2.75, 3.05) is 17.7 Å². The quantitative estimate of drug-likeness (QED) is 0.777. The molecule has 3 rings (SSSR count). The second kappa shape index (κ2) is 5.86. The molecule has 0 saturated carbocycles. The van der Waals surface area contributed by atoms with E-state index in [0.29, 0.717) is 16.4 Å². The van der Waals surface area contributed by atoms with Gasteiger partial charge in [0.15, 0.2) is 4.96 Å². The fourth-order valence-corrected chi connectivity index (χ4v) is 2.57. The number of hydrogen-bond donors (Lipinski definition) is 2. The lowest BCUT2D eigenvalue weighted by Gasteiger charge is -2.08. The number of amides is 2. The van der Waals surface area contributed by atoms with Gasteiger partial charge in [0, 0.05) is 23.3 Å². The van der Waals surface area contributed by atoms with E-state index in [1.54, 1.807) is 43.0 Å². The van der Waals surface area contributed by atoms with Gasteiger partial charge in [-0.2, -0.15) is 0 Å². The minimum atomic E-state index is -0.526. The third-order valence-corrected chi connectivity index (χ3v) is 3.69. The summed E-state index contributed by atoms with van der Waals surface area (Å²) in [4.78, 5) is 28.8. The maximum Gasteiger partial charge on any atom is 0.323 e. The molecule has 22 heavy (non-hydrogen) atoms. The predicted octanol–water partition coefficient (Wildman–Crippen LogP) is 2.41. The van der Waals surface area contributed by atoms with Crippen LogP contribution in [0.25, 0.3) is 4.96 Å². The Balaban J connectivity index is 1.78. The van der Waals surface area contributed by atoms with Crippen LogP contribution in [0.2, 0.25) is 0 Å². The number of nitrogens with zero attached hydrogens (tertiary/aromatic N) is 2. The Morgan fingerprint density at radius 2 is 2.23 bits per heavy atom. The number of anilines is 2. The van der Waals surface area contributed by atoms with E-state index in [1.165, 1.54) is 21.9 Å². The number of hydrogen-bond acceptors (Lipinski definition) is 5. The van der Waals surface area contributed by atoms with Crippen LogP contribution >= 0.6 is 11.3 Å². The van der Waals surface area contributed by atoms with Crippen molar-refractivity contribution in [1.29, 1.82) is 0 Å². The van der Waals surface area contributed by atoms with Crippen LogP contribution in [0.3, 0.4) is 0 Å². The second-order valence-electron chi connectivity index (χ2n) is 4.34. The topological polar surface area (TPSA) is 84.7 Å². The summed E-state index contributed by atoms with van der Waals surface area (Å²) in [7, 11) is 1.54. The first-order valence-electron chi connectivity index (χ1n) is 6.34. The van der Waals surface area contributed by atoms with Crippen LogP contribution in [0.5, 0.6) is 5.75 Å². The Morgan fingerprint density at radius 3 is 3.05 bits per heavy atom. The Labute approximate surface area is 129 Å². The zero-order valence-electron chi connectivity index (χ0n) is 11.6. The minimum Gasteiger partial charge on any atom is -0.497 e. The van der Waals surface area contributed by atoms with E-state index in [2.05, 4.69) is 15.6 Å². The number of thiazole rings is 1. The molecule has 0 atom stereocenters. The largest absolute Gasteiger partial charge is 0.497 e. The number of fused-ring (bicyclic) bond motifs is 1. The van der Waals surface area contributed by atoms with Gasteiger partial charge in [-0.15, -0.1) is 11.3 Å². The summed E-state index contributed by atoms with van der Waals surface area (Å²) in [5.41, 5.74) is 0.338. The Hall–Kier alpha value is -2.87. The number of ether oxygens (including phenoxy) is 1. The van der Waals surface area contributed by atoms with Gasteiger partial charge in [-0.05, 0) is 12.1 Å². The lowest BCUT2D eigenvalue weighted by Crippen LogP contribution is -2.25. The van der Waals surface area contributed by atoms with Crippen molar-refractivity contribution in [1.82, 2.24) is 9.38 Å². The lowest BCUT2D eigenvalue weighted by atomic mass is 10.3. The Morgan fingerprint density at radius 1 is 1.36 bits per heavy atom. The minimum absolute atomic E-state index is 0.108. The number of benzene rings is 1. The van der Waals surface area contributed by atoms with Crippen molar-refractivity contribution < 1.29 is 9.53 Å². The normalized spacial score (nSPS) is 10.4. The summed E-state index contributed by atoms with van der Waals surface area (Å²) in [6.45, 7) is 0. The molecule has 1 aromatic carbocycles. The SMILES string of the molecule is COc1cccc(NC(=O)Nc2cnc3sccn3c2=O)c1. The molecule has 8 heteroatoms. The molecule has 0 radical (unpaired) electrons. The smallest absolute Gasteiger partial charge is 0.323 e. The number of methoxy groups -OCH3 is 1. The lowest BCUT2D eigenvalue weighted by molar-refractivity contribution is 0.262. The van der Waals surface area contributed by atoms with Crippen molar-refractivity contribution >= 4 is 33.7 Å². The van der Waals surface area contributed by atoms with Gasteiger partial charge in [-0.3, -0.25) is 9.20 Å². The monoisotopic (exact) mass is 316 g/mol. The molecule has 112 valence electrons. The van der Waals surface area contributed by atoms with Crippen LogP contribution in [0, 0.1) is 0 Å². The zero-order valence-corrected chi connectivity index (χ0v) is 12.4. The van der Waals surface area contributed by atoms with Gasteiger partial charge in [-0.1, -0.05) is 6.07 Å². The summed E-state index contributed by atoms with van der Waals surface area (Å²) in [5, 5.41) is 6.88. The summed E-state index contributed by atoms with van der Waals surface area (Å²) in [5.74, 6) is 0.624. The molecule has 0 aliphatic rings. The van der Waals surface area contributed by atoms with E-state index in [4.69, 9.17) is 4.74 Å². The molecular formula is C14H12N4O3S. The molecule has 3 aromatic rings. The number of rotatable bonds is 3. The fourth-order valence-electron chi connectivity index (χ4n) is 1.90. The number of carbonyl (C=O) groups excluding carboxylic acids is 1. The van der Waals surface area contributed by atoms with E-state index in [1.807, 2.05) is 0 Å². The third kappa shape index (κ3) is 2.77. The average molecular weight is 316 g/mol. The van der Waals surface area contributed by atoms with Crippen LogP contribution in [0.1, 0.15) is 0 Å². The molecule has 0 saturated heterocycles. The third-order valence-electron chi connectivity index (χ3n) is 2.92.